The Hall–Kier alpha value is -3.35. The van der Waals surface area contributed by atoms with Crippen molar-refractivity contribution in [2.24, 2.45) is 0 Å². The lowest BCUT2D eigenvalue weighted by Crippen LogP contribution is -2.35. The summed E-state index contributed by atoms with van der Waals surface area (Å²) in [6.07, 6.45) is 0.962. The first kappa shape index (κ1) is 23.3. The highest BCUT2D eigenvalue weighted by Crippen LogP contribution is 2.29. The van der Waals surface area contributed by atoms with E-state index in [1.54, 1.807) is 39.0 Å². The molecule has 0 atom stereocenters. The summed E-state index contributed by atoms with van der Waals surface area (Å²) in [6.45, 7) is 7.19. The van der Waals surface area contributed by atoms with Crippen molar-refractivity contribution in [3.63, 3.8) is 0 Å². The molecule has 0 fully saturated rings. The van der Waals surface area contributed by atoms with E-state index in [1.807, 2.05) is 30.3 Å². The summed E-state index contributed by atoms with van der Waals surface area (Å²) in [5.41, 5.74) is 2.71. The molecule has 1 heterocycles. The number of ketones is 1. The molecule has 2 aromatic rings. The number of benzene rings is 2. The molecule has 0 spiro atoms. The van der Waals surface area contributed by atoms with Crippen molar-refractivity contribution >= 4 is 23.5 Å². The van der Waals surface area contributed by atoms with Crippen molar-refractivity contribution in [1.82, 2.24) is 5.32 Å². The fourth-order valence-corrected chi connectivity index (χ4v) is 3.52. The molecule has 0 radical (unpaired) electrons. The number of rotatable bonds is 8. The molecule has 1 amide bonds. The van der Waals surface area contributed by atoms with E-state index in [0.29, 0.717) is 17.7 Å². The van der Waals surface area contributed by atoms with Gasteiger partial charge in [0.25, 0.3) is 0 Å². The molecule has 0 saturated heterocycles. The van der Waals surface area contributed by atoms with Crippen LogP contribution in [-0.4, -0.2) is 49.7 Å². The first-order valence-electron chi connectivity index (χ1n) is 10.8. The Bertz CT molecular complexity index is 966. The van der Waals surface area contributed by atoms with Crippen LogP contribution in [0.5, 0.6) is 0 Å². The number of nitrogens with zero attached hydrogens (tertiary/aromatic N) is 1. The lowest BCUT2D eigenvalue weighted by Gasteiger charge is -2.20. The number of hydrogen-bond acceptors (Lipinski definition) is 6. The number of fused-ring (bicyclic) bond motifs is 1. The monoisotopic (exact) mass is 438 g/mol. The van der Waals surface area contributed by atoms with Gasteiger partial charge in [-0.05, 0) is 69.5 Å². The summed E-state index contributed by atoms with van der Waals surface area (Å²) in [5, 5.41) is 2.51. The molecule has 1 aliphatic rings. The number of amides is 1. The quantitative estimate of drug-likeness (QED) is 0.381. The number of carbonyl (C=O) groups is 3. The molecular weight excluding hydrogens is 408 g/mol. The van der Waals surface area contributed by atoms with Crippen molar-refractivity contribution in [1.29, 1.82) is 0 Å². The van der Waals surface area contributed by atoms with E-state index in [9.17, 15) is 14.4 Å². The zero-order chi connectivity index (χ0) is 23.1. The fourth-order valence-electron chi connectivity index (χ4n) is 3.52. The minimum absolute atomic E-state index is 0.107. The highest BCUT2D eigenvalue weighted by Gasteiger charge is 2.21. The minimum atomic E-state index is -0.607. The molecule has 7 nitrogen and oxygen atoms in total. The van der Waals surface area contributed by atoms with Crippen molar-refractivity contribution in [3.05, 3.63) is 65.2 Å². The van der Waals surface area contributed by atoms with E-state index < -0.39 is 11.7 Å². The lowest BCUT2D eigenvalue weighted by molar-refractivity contribution is 0.0498. The third-order valence-corrected chi connectivity index (χ3v) is 5.00. The van der Waals surface area contributed by atoms with Crippen LogP contribution in [0.25, 0.3) is 0 Å². The number of Topliss-reactive ketones (excluding diaryl/α,β-unsaturated/α-hetero) is 1. The molecule has 0 aliphatic carbocycles. The zero-order valence-corrected chi connectivity index (χ0v) is 18.8. The SMILES string of the molecule is CC(C)(C)OC(=O)NCC(=O)c1ccc2c(c1)CCN2CCCOC(=O)c1ccccc1. The number of ether oxygens (including phenoxy) is 2. The van der Waals surface area contributed by atoms with Crippen LogP contribution >= 0.6 is 0 Å². The predicted octanol–water partition coefficient (Wildman–Crippen LogP) is 4.00. The molecule has 3 rings (SSSR count). The highest BCUT2D eigenvalue weighted by atomic mass is 16.6. The summed E-state index contributed by atoms with van der Waals surface area (Å²) in [7, 11) is 0. The summed E-state index contributed by atoms with van der Waals surface area (Å²) in [5.74, 6) is -0.472. The van der Waals surface area contributed by atoms with Gasteiger partial charge in [-0.1, -0.05) is 18.2 Å². The van der Waals surface area contributed by atoms with Gasteiger partial charge in [-0.2, -0.15) is 0 Å². The summed E-state index contributed by atoms with van der Waals surface area (Å²) < 4.78 is 10.5. The van der Waals surface area contributed by atoms with Gasteiger partial charge in [0.2, 0.25) is 0 Å². The third-order valence-electron chi connectivity index (χ3n) is 5.00. The fraction of sp³-hybridized carbons (Fsp3) is 0.400. The number of esters is 1. The van der Waals surface area contributed by atoms with Crippen LogP contribution in [0.4, 0.5) is 10.5 Å². The van der Waals surface area contributed by atoms with Crippen LogP contribution < -0.4 is 10.2 Å². The normalized spacial score (nSPS) is 12.8. The van der Waals surface area contributed by atoms with Gasteiger partial charge in [0, 0.05) is 24.3 Å². The van der Waals surface area contributed by atoms with Crippen LogP contribution in [0.3, 0.4) is 0 Å². The van der Waals surface area contributed by atoms with Gasteiger partial charge in [0.1, 0.15) is 5.60 Å². The second-order valence-electron chi connectivity index (χ2n) is 8.71. The van der Waals surface area contributed by atoms with E-state index in [1.165, 1.54) is 0 Å². The van der Waals surface area contributed by atoms with Crippen LogP contribution in [0.2, 0.25) is 0 Å². The first-order chi connectivity index (χ1) is 15.2. The Kier molecular flexibility index (Phi) is 7.51. The molecule has 0 bridgehead atoms. The van der Waals surface area contributed by atoms with Crippen LogP contribution in [-0.2, 0) is 15.9 Å². The molecule has 170 valence electrons. The van der Waals surface area contributed by atoms with Gasteiger partial charge >= 0.3 is 12.1 Å². The van der Waals surface area contributed by atoms with Gasteiger partial charge in [-0.15, -0.1) is 0 Å². The molecule has 7 heteroatoms. The highest BCUT2D eigenvalue weighted by molar-refractivity contribution is 5.99. The molecule has 32 heavy (non-hydrogen) atoms. The average Bonchev–Trinajstić information content (AvgIpc) is 3.16. The number of alkyl carbamates (subject to hydrolysis) is 1. The number of carbonyl (C=O) groups excluding carboxylic acids is 3. The Balaban J connectivity index is 1.46. The van der Waals surface area contributed by atoms with Crippen molar-refractivity contribution < 1.29 is 23.9 Å². The molecular formula is C25H30N2O5. The Morgan fingerprint density at radius 2 is 1.78 bits per heavy atom. The summed E-state index contributed by atoms with van der Waals surface area (Å²) in [4.78, 5) is 38.4. The second-order valence-corrected chi connectivity index (χ2v) is 8.71. The Morgan fingerprint density at radius 1 is 1.03 bits per heavy atom. The molecule has 0 saturated carbocycles. The van der Waals surface area contributed by atoms with Crippen LogP contribution in [0.1, 0.15) is 53.5 Å². The van der Waals surface area contributed by atoms with Gasteiger partial charge < -0.3 is 19.7 Å². The number of anilines is 1. The van der Waals surface area contributed by atoms with Gasteiger partial charge in [-0.3, -0.25) is 4.79 Å². The van der Waals surface area contributed by atoms with E-state index in [-0.39, 0.29) is 18.3 Å². The van der Waals surface area contributed by atoms with Crippen molar-refractivity contribution in [2.45, 2.75) is 39.2 Å². The maximum absolute atomic E-state index is 12.5. The van der Waals surface area contributed by atoms with E-state index >= 15 is 0 Å². The van der Waals surface area contributed by atoms with Crippen LogP contribution in [0, 0.1) is 0 Å². The molecule has 0 aromatic heterocycles. The maximum atomic E-state index is 12.5. The molecule has 0 unspecified atom stereocenters. The van der Waals surface area contributed by atoms with E-state index in [4.69, 9.17) is 9.47 Å². The third kappa shape index (κ3) is 6.57. The lowest BCUT2D eigenvalue weighted by atomic mass is 10.1. The topological polar surface area (TPSA) is 84.9 Å². The maximum Gasteiger partial charge on any atom is 0.408 e. The number of hydrogen-bond donors (Lipinski definition) is 1. The van der Waals surface area contributed by atoms with Gasteiger partial charge in [0.15, 0.2) is 5.78 Å². The van der Waals surface area contributed by atoms with Gasteiger partial charge in [-0.25, -0.2) is 9.59 Å². The molecule has 1 aliphatic heterocycles. The minimum Gasteiger partial charge on any atom is -0.462 e. The standard InChI is InChI=1S/C25H30N2O5/c1-25(2,3)32-24(30)26-17-22(28)20-10-11-21-19(16-20)12-14-27(21)13-7-15-31-23(29)18-8-5-4-6-9-18/h4-6,8-11,16H,7,12-15,17H2,1-3H3,(H,26,30). The Morgan fingerprint density at radius 3 is 2.50 bits per heavy atom. The first-order valence-corrected chi connectivity index (χ1v) is 10.8. The number of nitrogens with one attached hydrogen (secondary N) is 1. The largest absolute Gasteiger partial charge is 0.462 e. The van der Waals surface area contributed by atoms with E-state index in [2.05, 4.69) is 10.2 Å². The summed E-state index contributed by atoms with van der Waals surface area (Å²) in [6, 6.07) is 14.6. The smallest absolute Gasteiger partial charge is 0.408 e. The van der Waals surface area contributed by atoms with Crippen LogP contribution in [0.15, 0.2) is 48.5 Å². The predicted molar refractivity (Wildman–Crippen MR) is 122 cm³/mol. The van der Waals surface area contributed by atoms with Gasteiger partial charge in [0.05, 0.1) is 18.7 Å². The molecule has 1 N–H and O–H groups in total. The Labute approximate surface area is 188 Å². The zero-order valence-electron chi connectivity index (χ0n) is 18.8. The second kappa shape index (κ2) is 10.3. The average molecular weight is 439 g/mol. The van der Waals surface area contributed by atoms with Crippen molar-refractivity contribution in [3.8, 4) is 0 Å². The van der Waals surface area contributed by atoms with E-state index in [0.717, 1.165) is 37.2 Å². The van der Waals surface area contributed by atoms with Crippen molar-refractivity contribution in [2.75, 3.05) is 31.1 Å². The molecule has 2 aromatic carbocycles. The summed E-state index contributed by atoms with van der Waals surface area (Å²) >= 11 is 0.